The molecule has 0 aliphatic rings. The number of thiazole rings is 1. The van der Waals surface area contributed by atoms with Crippen molar-refractivity contribution in [3.63, 3.8) is 0 Å². The Kier molecular flexibility index (Phi) is 8.19. The number of hydrogen-bond acceptors (Lipinski definition) is 6. The van der Waals surface area contributed by atoms with Gasteiger partial charge in [0.25, 0.3) is 0 Å². The van der Waals surface area contributed by atoms with Crippen molar-refractivity contribution in [1.29, 1.82) is 0 Å². The third kappa shape index (κ3) is 6.20. The lowest BCUT2D eigenvalue weighted by molar-refractivity contribution is -0.111. The summed E-state index contributed by atoms with van der Waals surface area (Å²) in [5.74, 6) is 0.982. The van der Waals surface area contributed by atoms with E-state index in [-0.39, 0.29) is 11.7 Å². The van der Waals surface area contributed by atoms with Crippen molar-refractivity contribution in [1.82, 2.24) is 4.98 Å². The number of ether oxygens (including phenoxy) is 2. The molecule has 0 saturated heterocycles. The van der Waals surface area contributed by atoms with Crippen LogP contribution in [0, 0.1) is 6.92 Å². The number of unbranched alkanes of at least 4 members (excludes halogenated alkanes) is 1. The number of anilines is 1. The van der Waals surface area contributed by atoms with Crippen LogP contribution in [0.3, 0.4) is 0 Å². The smallest absolute Gasteiger partial charge is 0.250 e. The second-order valence-corrected chi connectivity index (χ2v) is 7.15. The molecule has 1 N–H and O–H groups in total. The predicted octanol–water partition coefficient (Wildman–Crippen LogP) is 4.88. The topological polar surface area (TPSA) is 77.5 Å². The quantitative estimate of drug-likeness (QED) is 0.348. The van der Waals surface area contributed by atoms with Gasteiger partial charge in [0.15, 0.2) is 22.4 Å². The Morgan fingerprint density at radius 1 is 1.21 bits per heavy atom. The number of hydrogen-bond donors (Lipinski definition) is 1. The van der Waals surface area contributed by atoms with Gasteiger partial charge in [-0.3, -0.25) is 14.9 Å². The van der Waals surface area contributed by atoms with Crippen molar-refractivity contribution in [2.24, 2.45) is 0 Å². The lowest BCUT2D eigenvalue weighted by atomic mass is 10.2. The van der Waals surface area contributed by atoms with Gasteiger partial charge < -0.3 is 9.47 Å². The normalized spacial score (nSPS) is 10.9. The van der Waals surface area contributed by atoms with E-state index in [9.17, 15) is 9.59 Å². The highest BCUT2D eigenvalue weighted by Gasteiger charge is 2.12. The maximum atomic E-state index is 12.2. The zero-order valence-electron chi connectivity index (χ0n) is 16.7. The summed E-state index contributed by atoms with van der Waals surface area (Å²) in [5, 5.41) is 3.10. The van der Waals surface area contributed by atoms with Gasteiger partial charge in [-0.25, -0.2) is 4.98 Å². The van der Waals surface area contributed by atoms with Crippen LogP contribution in [0.1, 0.15) is 54.5 Å². The minimum Gasteiger partial charge on any atom is -0.490 e. The van der Waals surface area contributed by atoms with Crippen LogP contribution in [0.25, 0.3) is 6.08 Å². The molecule has 1 amide bonds. The average Bonchev–Trinajstić information content (AvgIpc) is 3.02. The molecule has 0 saturated carbocycles. The van der Waals surface area contributed by atoms with E-state index in [0.717, 1.165) is 18.4 Å². The minimum absolute atomic E-state index is 0.0595. The minimum atomic E-state index is -0.315. The van der Waals surface area contributed by atoms with E-state index in [4.69, 9.17) is 9.47 Å². The maximum absolute atomic E-state index is 12.2. The second kappa shape index (κ2) is 10.6. The van der Waals surface area contributed by atoms with Crippen LogP contribution in [0.4, 0.5) is 5.13 Å². The lowest BCUT2D eigenvalue weighted by Crippen LogP contribution is -2.07. The highest BCUT2D eigenvalue weighted by atomic mass is 32.1. The van der Waals surface area contributed by atoms with Crippen LogP contribution in [0.5, 0.6) is 11.5 Å². The van der Waals surface area contributed by atoms with E-state index in [0.29, 0.717) is 40.4 Å². The molecule has 0 fully saturated rings. The van der Waals surface area contributed by atoms with Gasteiger partial charge in [-0.15, -0.1) is 0 Å². The highest BCUT2D eigenvalue weighted by Crippen LogP contribution is 2.29. The summed E-state index contributed by atoms with van der Waals surface area (Å²) in [7, 11) is 0. The Balaban J connectivity index is 2.05. The number of amides is 1. The third-order valence-electron chi connectivity index (χ3n) is 3.80. The fourth-order valence-electron chi connectivity index (χ4n) is 2.44. The van der Waals surface area contributed by atoms with Gasteiger partial charge in [0.05, 0.1) is 23.8 Å². The predicted molar refractivity (Wildman–Crippen MR) is 113 cm³/mol. The molecule has 0 aliphatic heterocycles. The van der Waals surface area contributed by atoms with Gasteiger partial charge in [-0.2, -0.15) is 0 Å². The number of ketones is 1. The second-order valence-electron chi connectivity index (χ2n) is 6.15. The van der Waals surface area contributed by atoms with Crippen LogP contribution >= 0.6 is 11.3 Å². The number of carbonyl (C=O) groups excluding carboxylic acids is 2. The number of aromatic nitrogens is 1. The summed E-state index contributed by atoms with van der Waals surface area (Å²) in [4.78, 5) is 28.4. The van der Waals surface area contributed by atoms with Crippen molar-refractivity contribution >= 4 is 34.2 Å². The first kappa shape index (κ1) is 21.6. The Hall–Kier alpha value is -2.67. The van der Waals surface area contributed by atoms with E-state index in [1.165, 1.54) is 24.3 Å². The highest BCUT2D eigenvalue weighted by molar-refractivity contribution is 7.17. The first-order valence-corrected chi connectivity index (χ1v) is 10.1. The fraction of sp³-hybridized carbons (Fsp3) is 0.381. The Morgan fingerprint density at radius 3 is 2.64 bits per heavy atom. The first-order valence-electron chi connectivity index (χ1n) is 9.31. The molecule has 6 nitrogen and oxygen atoms in total. The van der Waals surface area contributed by atoms with Crippen molar-refractivity contribution in [2.45, 2.75) is 40.5 Å². The van der Waals surface area contributed by atoms with Crippen LogP contribution in [-0.2, 0) is 4.79 Å². The molecule has 28 heavy (non-hydrogen) atoms. The lowest BCUT2D eigenvalue weighted by Gasteiger charge is -2.12. The number of Topliss-reactive ketones (excluding diaryl/α,β-unsaturated/α-hetero) is 1. The molecule has 7 heteroatoms. The van der Waals surface area contributed by atoms with E-state index in [2.05, 4.69) is 17.2 Å². The zero-order chi connectivity index (χ0) is 20.5. The van der Waals surface area contributed by atoms with E-state index in [1.54, 1.807) is 13.0 Å². The number of nitrogens with zero attached hydrogens (tertiary/aromatic N) is 1. The molecule has 0 atom stereocenters. The molecule has 0 aliphatic carbocycles. The monoisotopic (exact) mass is 402 g/mol. The Labute approximate surface area is 169 Å². The molecule has 150 valence electrons. The molecular formula is C21H26N2O4S. The summed E-state index contributed by atoms with van der Waals surface area (Å²) >= 11 is 1.17. The molecule has 0 radical (unpaired) electrons. The van der Waals surface area contributed by atoms with Gasteiger partial charge >= 0.3 is 0 Å². The standard InChI is InChI=1S/C21H26N2O4S/c1-5-7-12-27-17-10-8-16(13-18(17)26-6-2)9-11-19(25)23-21-22-14(3)20(28-21)15(4)24/h8-11,13H,5-7,12H2,1-4H3,(H,22,23,25)/b11-9+. The largest absolute Gasteiger partial charge is 0.490 e. The van der Waals surface area contributed by atoms with Crippen LogP contribution in [0.15, 0.2) is 24.3 Å². The number of nitrogens with one attached hydrogen (secondary N) is 1. The van der Waals surface area contributed by atoms with Crippen LogP contribution in [-0.4, -0.2) is 29.9 Å². The summed E-state index contributed by atoms with van der Waals surface area (Å²) in [6, 6.07) is 5.56. The number of rotatable bonds is 10. The van der Waals surface area contributed by atoms with E-state index in [1.807, 2.05) is 25.1 Å². The zero-order valence-corrected chi connectivity index (χ0v) is 17.5. The Morgan fingerprint density at radius 2 is 2.00 bits per heavy atom. The van der Waals surface area contributed by atoms with Gasteiger partial charge in [-0.1, -0.05) is 30.7 Å². The molecule has 1 aromatic heterocycles. The molecule has 0 spiro atoms. The Bertz CT molecular complexity index is 858. The number of benzene rings is 1. The van der Waals surface area contributed by atoms with Crippen molar-refractivity contribution in [3.05, 3.63) is 40.4 Å². The third-order valence-corrected chi connectivity index (χ3v) is 4.97. The molecule has 2 rings (SSSR count). The molecule has 0 unspecified atom stereocenters. The molecule has 2 aromatic rings. The van der Waals surface area contributed by atoms with Gasteiger partial charge in [0.1, 0.15) is 0 Å². The SMILES string of the molecule is CCCCOc1ccc(/C=C/C(=O)Nc2nc(C)c(C(C)=O)s2)cc1OCC. The molecule has 0 bridgehead atoms. The van der Waals surface area contributed by atoms with Gasteiger partial charge in [-0.05, 0) is 44.0 Å². The fourth-order valence-corrected chi connectivity index (χ4v) is 3.30. The summed E-state index contributed by atoms with van der Waals surface area (Å²) in [5.41, 5.74) is 1.44. The molecular weight excluding hydrogens is 376 g/mol. The van der Waals surface area contributed by atoms with Gasteiger partial charge in [0.2, 0.25) is 5.91 Å². The first-order chi connectivity index (χ1) is 13.4. The summed E-state index contributed by atoms with van der Waals surface area (Å²) < 4.78 is 11.4. The molecule has 1 aromatic carbocycles. The van der Waals surface area contributed by atoms with Crippen molar-refractivity contribution < 1.29 is 19.1 Å². The van der Waals surface area contributed by atoms with Gasteiger partial charge in [0, 0.05) is 13.0 Å². The van der Waals surface area contributed by atoms with Crippen LogP contribution in [0.2, 0.25) is 0 Å². The maximum Gasteiger partial charge on any atom is 0.250 e. The van der Waals surface area contributed by atoms with Crippen LogP contribution < -0.4 is 14.8 Å². The summed E-state index contributed by atoms with van der Waals surface area (Å²) in [6.45, 7) is 8.43. The average molecular weight is 403 g/mol. The van der Waals surface area contributed by atoms with E-state index < -0.39 is 0 Å². The number of aryl methyl sites for hydroxylation is 1. The summed E-state index contributed by atoms with van der Waals surface area (Å²) in [6.07, 6.45) is 5.16. The van der Waals surface area contributed by atoms with Crippen molar-refractivity contribution in [3.8, 4) is 11.5 Å². The number of carbonyl (C=O) groups is 2. The van der Waals surface area contributed by atoms with E-state index >= 15 is 0 Å². The van der Waals surface area contributed by atoms with Crippen molar-refractivity contribution in [2.75, 3.05) is 18.5 Å². The molecule has 1 heterocycles.